The number of aromatic nitrogens is 2. The second kappa shape index (κ2) is 6.38. The van der Waals surface area contributed by atoms with E-state index in [2.05, 4.69) is 20.6 Å². The van der Waals surface area contributed by atoms with E-state index in [0.29, 0.717) is 5.69 Å². The molecule has 4 N–H and O–H groups in total. The van der Waals surface area contributed by atoms with Crippen LogP contribution in [0.5, 0.6) is 0 Å². The Morgan fingerprint density at radius 2 is 2.00 bits per heavy atom. The van der Waals surface area contributed by atoms with Crippen LogP contribution in [0.15, 0.2) is 18.7 Å². The van der Waals surface area contributed by atoms with E-state index in [1.165, 1.54) is 18.7 Å². The summed E-state index contributed by atoms with van der Waals surface area (Å²) in [4.78, 5) is 29.4. The van der Waals surface area contributed by atoms with Gasteiger partial charge in [-0.1, -0.05) is 0 Å². The first-order valence-electron chi connectivity index (χ1n) is 4.79. The minimum Gasteiger partial charge on any atom is -0.480 e. The second-order valence-electron chi connectivity index (χ2n) is 3.13. The van der Waals surface area contributed by atoms with Crippen molar-refractivity contribution in [3.8, 4) is 0 Å². The minimum absolute atomic E-state index is 0.0615. The first kappa shape index (κ1) is 12.8. The fourth-order valence-electron chi connectivity index (χ4n) is 1.08. The van der Waals surface area contributed by atoms with Crippen molar-refractivity contribution in [1.29, 1.82) is 0 Å². The van der Waals surface area contributed by atoms with Crippen molar-refractivity contribution in [2.45, 2.75) is 12.5 Å². The zero-order valence-electron chi connectivity index (χ0n) is 8.83. The van der Waals surface area contributed by atoms with Crippen LogP contribution in [0.25, 0.3) is 0 Å². The summed E-state index contributed by atoms with van der Waals surface area (Å²) in [6.07, 6.45) is 3.98. The number of rotatable bonds is 5. The van der Waals surface area contributed by atoms with Crippen molar-refractivity contribution in [3.63, 3.8) is 0 Å². The van der Waals surface area contributed by atoms with Gasteiger partial charge in [0.05, 0.1) is 18.1 Å². The summed E-state index contributed by atoms with van der Waals surface area (Å²) in [5.74, 6) is -1.21. The molecular weight excluding hydrogens is 228 g/mol. The molecule has 0 saturated carbocycles. The lowest BCUT2D eigenvalue weighted by Gasteiger charge is -2.13. The number of aliphatic hydroxyl groups excluding tert-OH is 1. The Labute approximate surface area is 96.7 Å². The van der Waals surface area contributed by atoms with Gasteiger partial charge in [-0.05, 0) is 0 Å². The highest BCUT2D eigenvalue weighted by atomic mass is 16.4. The monoisotopic (exact) mass is 240 g/mol. The molecule has 0 aromatic carbocycles. The molecule has 2 amide bonds. The number of nitrogens with one attached hydrogen (secondary N) is 2. The molecule has 0 spiro atoms. The molecular formula is C9H12N4O4. The van der Waals surface area contributed by atoms with Crippen molar-refractivity contribution in [2.75, 3.05) is 11.9 Å². The Morgan fingerprint density at radius 3 is 2.53 bits per heavy atom. The van der Waals surface area contributed by atoms with Crippen LogP contribution in [-0.2, 0) is 4.79 Å². The summed E-state index contributed by atoms with van der Waals surface area (Å²) in [7, 11) is 0. The van der Waals surface area contributed by atoms with Gasteiger partial charge in [-0.15, -0.1) is 0 Å². The van der Waals surface area contributed by atoms with Gasteiger partial charge >= 0.3 is 12.0 Å². The Hall–Kier alpha value is -2.22. The predicted molar refractivity (Wildman–Crippen MR) is 57.3 cm³/mol. The average molecular weight is 240 g/mol. The molecule has 1 aromatic heterocycles. The van der Waals surface area contributed by atoms with Gasteiger partial charge < -0.3 is 20.8 Å². The molecule has 1 unspecified atom stereocenters. The van der Waals surface area contributed by atoms with Crippen molar-refractivity contribution < 1.29 is 19.8 Å². The van der Waals surface area contributed by atoms with E-state index in [1.54, 1.807) is 0 Å². The number of carbonyl (C=O) groups excluding carboxylic acids is 1. The third kappa shape index (κ3) is 4.43. The number of hydrogen-bond acceptors (Lipinski definition) is 5. The largest absolute Gasteiger partial charge is 0.480 e. The zero-order valence-corrected chi connectivity index (χ0v) is 8.83. The molecule has 1 atom stereocenters. The lowest BCUT2D eigenvalue weighted by molar-refractivity contribution is -0.139. The Bertz CT molecular complexity index is 384. The fourth-order valence-corrected chi connectivity index (χ4v) is 1.08. The smallest absolute Gasteiger partial charge is 0.326 e. The standard InChI is InChI=1S/C9H12N4O4/c14-2-1-7(8(15)16)13-9(17)12-6-3-10-5-11-4-6/h3-5,7,14H,1-2H2,(H,15,16)(H2,12,13,17). The highest BCUT2D eigenvalue weighted by Gasteiger charge is 2.19. The van der Waals surface area contributed by atoms with Crippen molar-refractivity contribution in [3.05, 3.63) is 18.7 Å². The van der Waals surface area contributed by atoms with Crippen molar-refractivity contribution in [2.24, 2.45) is 0 Å². The van der Waals surface area contributed by atoms with Gasteiger partial charge in [0.1, 0.15) is 12.4 Å². The lowest BCUT2D eigenvalue weighted by atomic mass is 10.2. The van der Waals surface area contributed by atoms with Gasteiger partial charge in [-0.2, -0.15) is 0 Å². The number of carboxylic acids is 1. The number of aliphatic carboxylic acids is 1. The molecule has 0 bridgehead atoms. The molecule has 8 nitrogen and oxygen atoms in total. The SMILES string of the molecule is O=C(Nc1cncnc1)NC(CCO)C(=O)O. The summed E-state index contributed by atoms with van der Waals surface area (Å²) in [5, 5.41) is 21.9. The van der Waals surface area contributed by atoms with Crippen molar-refractivity contribution in [1.82, 2.24) is 15.3 Å². The van der Waals surface area contributed by atoms with Crippen LogP contribution in [0.4, 0.5) is 10.5 Å². The maximum absolute atomic E-state index is 11.4. The molecule has 17 heavy (non-hydrogen) atoms. The zero-order chi connectivity index (χ0) is 12.7. The number of aliphatic hydroxyl groups is 1. The highest BCUT2D eigenvalue weighted by Crippen LogP contribution is 2.00. The minimum atomic E-state index is -1.21. The quantitative estimate of drug-likeness (QED) is 0.546. The van der Waals surface area contributed by atoms with Crippen LogP contribution in [0.1, 0.15) is 6.42 Å². The molecule has 0 radical (unpaired) electrons. The van der Waals surface area contributed by atoms with E-state index < -0.39 is 18.0 Å². The number of urea groups is 1. The number of carboxylic acid groups (broad SMARTS) is 1. The summed E-state index contributed by atoms with van der Waals surface area (Å²) in [5.41, 5.74) is 0.345. The molecule has 92 valence electrons. The third-order valence-corrected chi connectivity index (χ3v) is 1.84. The average Bonchev–Trinajstić information content (AvgIpc) is 2.29. The van der Waals surface area contributed by atoms with Gasteiger partial charge in [-0.25, -0.2) is 19.6 Å². The van der Waals surface area contributed by atoms with E-state index in [0.717, 1.165) is 0 Å². The van der Waals surface area contributed by atoms with E-state index in [9.17, 15) is 9.59 Å². The number of amides is 2. The first-order valence-corrected chi connectivity index (χ1v) is 4.79. The van der Waals surface area contributed by atoms with Gasteiger partial charge in [0.2, 0.25) is 0 Å². The van der Waals surface area contributed by atoms with Crippen LogP contribution in [0, 0.1) is 0 Å². The maximum atomic E-state index is 11.4. The van der Waals surface area contributed by atoms with Gasteiger partial charge in [0, 0.05) is 13.0 Å². The number of carbonyl (C=O) groups is 2. The summed E-state index contributed by atoms with van der Waals surface area (Å²) < 4.78 is 0. The number of nitrogens with zero attached hydrogens (tertiary/aromatic N) is 2. The van der Waals surface area contributed by atoms with Crippen molar-refractivity contribution >= 4 is 17.7 Å². The molecule has 0 saturated heterocycles. The summed E-state index contributed by atoms with van der Waals surface area (Å²) >= 11 is 0. The topological polar surface area (TPSA) is 124 Å². The van der Waals surface area contributed by atoms with Crippen LogP contribution in [-0.4, -0.2) is 44.8 Å². The van der Waals surface area contributed by atoms with E-state index in [1.807, 2.05) is 0 Å². The predicted octanol–water partition coefficient (Wildman–Crippen LogP) is -0.566. The van der Waals surface area contributed by atoms with Crippen LogP contribution < -0.4 is 10.6 Å². The molecule has 0 fully saturated rings. The lowest BCUT2D eigenvalue weighted by Crippen LogP contribution is -2.43. The maximum Gasteiger partial charge on any atom is 0.326 e. The van der Waals surface area contributed by atoms with Crippen LogP contribution in [0.2, 0.25) is 0 Å². The Morgan fingerprint density at radius 1 is 1.35 bits per heavy atom. The molecule has 1 aromatic rings. The molecule has 0 aliphatic rings. The molecule has 0 aliphatic heterocycles. The third-order valence-electron chi connectivity index (χ3n) is 1.84. The molecule has 8 heteroatoms. The normalized spacial score (nSPS) is 11.6. The fraction of sp³-hybridized carbons (Fsp3) is 0.333. The Kier molecular flexibility index (Phi) is 4.82. The van der Waals surface area contributed by atoms with Gasteiger partial charge in [0.15, 0.2) is 0 Å². The van der Waals surface area contributed by atoms with E-state index in [4.69, 9.17) is 10.2 Å². The van der Waals surface area contributed by atoms with Crippen LogP contribution >= 0.6 is 0 Å². The Balaban J connectivity index is 2.51. The first-order chi connectivity index (χ1) is 8.13. The van der Waals surface area contributed by atoms with Gasteiger partial charge in [-0.3, -0.25) is 0 Å². The number of hydrogen-bond donors (Lipinski definition) is 4. The van der Waals surface area contributed by atoms with E-state index in [-0.39, 0.29) is 13.0 Å². The molecule has 1 rings (SSSR count). The highest BCUT2D eigenvalue weighted by molar-refractivity contribution is 5.91. The molecule has 0 aliphatic carbocycles. The molecule has 1 heterocycles. The van der Waals surface area contributed by atoms with E-state index >= 15 is 0 Å². The summed E-state index contributed by atoms with van der Waals surface area (Å²) in [6.45, 7) is -0.328. The second-order valence-corrected chi connectivity index (χ2v) is 3.13. The summed E-state index contributed by atoms with van der Waals surface area (Å²) in [6, 6.07) is -1.83. The van der Waals surface area contributed by atoms with Gasteiger partial charge in [0.25, 0.3) is 0 Å². The van der Waals surface area contributed by atoms with Crippen LogP contribution in [0.3, 0.4) is 0 Å². The number of anilines is 1.